The van der Waals surface area contributed by atoms with Crippen LogP contribution in [0.2, 0.25) is 0 Å². The summed E-state index contributed by atoms with van der Waals surface area (Å²) >= 11 is 4.11. The van der Waals surface area contributed by atoms with Crippen molar-refractivity contribution in [3.05, 3.63) is 131 Å². The molecule has 0 spiro atoms. The van der Waals surface area contributed by atoms with Crippen LogP contribution in [-0.2, 0) is 11.2 Å². The molecule has 5 aromatic carbocycles. The number of hydrogen-bond donors (Lipinski definition) is 2. The second kappa shape index (κ2) is 16.9. The molecule has 55 heavy (non-hydrogen) atoms. The van der Waals surface area contributed by atoms with Crippen LogP contribution in [0.25, 0.3) is 38.2 Å². The van der Waals surface area contributed by atoms with Crippen LogP contribution in [0.1, 0.15) is 110 Å². The summed E-state index contributed by atoms with van der Waals surface area (Å²) in [5, 5.41) is 29.9. The first-order valence-corrected chi connectivity index (χ1v) is 22.8. The molecule has 0 aliphatic heterocycles. The van der Waals surface area contributed by atoms with Crippen LogP contribution in [0.3, 0.4) is 0 Å². The molecule has 2 N–H and O–H groups in total. The number of aliphatic hydroxyl groups is 1. The minimum atomic E-state index is -0.0527. The van der Waals surface area contributed by atoms with E-state index in [0.717, 1.165) is 52.2 Å². The lowest BCUT2D eigenvalue weighted by atomic mass is 9.66. The van der Waals surface area contributed by atoms with E-state index < -0.39 is 0 Å². The summed E-state index contributed by atoms with van der Waals surface area (Å²) in [5.74, 6) is 2.95. The number of thioether (sulfide) groups is 2. The normalized spacial score (nSPS) is 21.2. The second-order valence-corrected chi connectivity index (χ2v) is 19.9. The highest BCUT2D eigenvalue weighted by atomic mass is 32.2. The predicted octanol–water partition coefficient (Wildman–Crippen LogP) is 15.1. The van der Waals surface area contributed by atoms with E-state index in [2.05, 4.69) is 156 Å². The number of hydrogen-bond acceptors (Lipinski definition) is 4. The average Bonchev–Trinajstić information content (AvgIpc) is 3.17. The summed E-state index contributed by atoms with van der Waals surface area (Å²) in [6.45, 7) is 13.8. The quantitative estimate of drug-likeness (QED) is 0.148. The van der Waals surface area contributed by atoms with Gasteiger partial charge in [0.1, 0.15) is 11.5 Å². The number of benzene rings is 5. The largest absolute Gasteiger partial charge is 0.507 e. The lowest BCUT2D eigenvalue weighted by molar-refractivity contribution is 0.251. The van der Waals surface area contributed by atoms with E-state index >= 15 is 0 Å². The molecule has 3 unspecified atom stereocenters. The van der Waals surface area contributed by atoms with Gasteiger partial charge in [0.2, 0.25) is 0 Å². The number of aliphatic hydroxyl groups excluding tert-OH is 1. The third-order valence-corrected chi connectivity index (χ3v) is 15.8. The van der Waals surface area contributed by atoms with Gasteiger partial charge in [0.15, 0.2) is 0 Å². The number of phenolic OH excluding ortho intramolecular Hbond substituents is 1. The summed E-state index contributed by atoms with van der Waals surface area (Å²) < 4.78 is 0. The molecular weight excluding hydrogens is 709 g/mol. The number of fused-ring (bicyclic) bond motifs is 2. The van der Waals surface area contributed by atoms with Crippen molar-refractivity contribution >= 4 is 50.6 Å². The van der Waals surface area contributed by atoms with Crippen LogP contribution in [0.4, 0.5) is 0 Å². The first-order valence-electron chi connectivity index (χ1n) is 20.7. The molecule has 0 amide bonds. The maximum atomic E-state index is 12.2. The molecule has 7 rings (SSSR count). The molecule has 0 bridgehead atoms. The first-order chi connectivity index (χ1) is 26.5. The van der Waals surface area contributed by atoms with Crippen molar-refractivity contribution in [2.75, 3.05) is 5.75 Å². The Bertz CT molecular complexity index is 2190. The van der Waals surface area contributed by atoms with Crippen LogP contribution in [0, 0.1) is 11.3 Å². The molecule has 288 valence electrons. The van der Waals surface area contributed by atoms with Crippen molar-refractivity contribution in [3.8, 4) is 16.9 Å². The van der Waals surface area contributed by atoms with E-state index in [1.54, 1.807) is 0 Å². The van der Waals surface area contributed by atoms with Gasteiger partial charge >= 0.3 is 0 Å². The van der Waals surface area contributed by atoms with Crippen molar-refractivity contribution in [1.82, 2.24) is 0 Å². The van der Waals surface area contributed by atoms with E-state index in [9.17, 15) is 10.2 Å². The smallest absolute Gasteiger partial charge is 0.127 e. The zero-order valence-electron chi connectivity index (χ0n) is 33.8. The monoisotopic (exact) mass is 768 g/mol. The molecule has 3 atom stereocenters. The van der Waals surface area contributed by atoms with Gasteiger partial charge in [-0.1, -0.05) is 164 Å². The van der Waals surface area contributed by atoms with Crippen LogP contribution in [-0.4, -0.2) is 26.5 Å². The molecule has 0 radical (unpaired) electrons. The van der Waals surface area contributed by atoms with Gasteiger partial charge in [-0.3, -0.25) is 0 Å². The highest BCUT2D eigenvalue weighted by Crippen LogP contribution is 2.50. The van der Waals surface area contributed by atoms with E-state index in [0.29, 0.717) is 27.9 Å². The van der Waals surface area contributed by atoms with Gasteiger partial charge in [0.25, 0.3) is 0 Å². The lowest BCUT2D eigenvalue weighted by Gasteiger charge is -2.40. The summed E-state index contributed by atoms with van der Waals surface area (Å²) in [4.78, 5) is 0. The fraction of sp³-hybridized carbons (Fsp3) is 0.412. The third kappa shape index (κ3) is 8.42. The topological polar surface area (TPSA) is 40.5 Å². The second-order valence-electron chi connectivity index (χ2n) is 17.4. The fourth-order valence-electron chi connectivity index (χ4n) is 9.00. The minimum absolute atomic E-state index is 0.000864. The Balaban J connectivity index is 1.19. The Morgan fingerprint density at radius 3 is 1.85 bits per heavy atom. The van der Waals surface area contributed by atoms with Gasteiger partial charge in [-0.05, 0) is 86.7 Å². The molecular formula is C51H60O2S2. The first kappa shape index (κ1) is 39.6. The van der Waals surface area contributed by atoms with Gasteiger partial charge in [-0.2, -0.15) is 23.5 Å². The molecule has 0 aromatic heterocycles. The minimum Gasteiger partial charge on any atom is -0.507 e. The Hall–Kier alpha value is -3.60. The standard InChI is InChI=1S/C51H60O2S2/c1-7-51(34(2)3)30-38(49(53)45(31-51)43-25-17-21-36-19-13-15-23-41(36)43)33-55-47-27-11-9-8-10-26-46(47)54-32-37-28-39(50(4,5)6)29-44(48(37)52)42-24-16-20-35-18-12-14-22-40(35)42/h12-25,28-30,34,46-47,52-53H,7-11,26-27,31-33H2,1-6H3. The van der Waals surface area contributed by atoms with E-state index in [1.807, 2.05) is 11.8 Å². The summed E-state index contributed by atoms with van der Waals surface area (Å²) in [6, 6.07) is 34.5. The Morgan fingerprint density at radius 2 is 1.25 bits per heavy atom. The zero-order chi connectivity index (χ0) is 38.7. The predicted molar refractivity (Wildman–Crippen MR) is 243 cm³/mol. The number of allylic oxidation sites excluding steroid dienone is 3. The molecule has 2 nitrogen and oxygen atoms in total. The number of rotatable bonds is 10. The Morgan fingerprint density at radius 1 is 0.691 bits per heavy atom. The fourth-order valence-corrected chi connectivity index (χ4v) is 12.1. The van der Waals surface area contributed by atoms with Crippen LogP contribution in [0.5, 0.6) is 5.75 Å². The van der Waals surface area contributed by atoms with Crippen molar-refractivity contribution in [2.45, 2.75) is 115 Å². The van der Waals surface area contributed by atoms with Crippen LogP contribution < -0.4 is 0 Å². The molecule has 5 aromatic rings. The molecule has 1 fully saturated rings. The summed E-state index contributed by atoms with van der Waals surface area (Å²) in [5.41, 5.74) is 7.64. The van der Waals surface area contributed by atoms with Gasteiger partial charge in [0.05, 0.1) is 0 Å². The van der Waals surface area contributed by atoms with E-state index in [-0.39, 0.29) is 10.8 Å². The summed E-state index contributed by atoms with van der Waals surface area (Å²) in [6.07, 6.45) is 11.8. The Kier molecular flexibility index (Phi) is 12.2. The van der Waals surface area contributed by atoms with Crippen molar-refractivity contribution in [2.24, 2.45) is 11.3 Å². The van der Waals surface area contributed by atoms with Crippen LogP contribution >= 0.6 is 23.5 Å². The summed E-state index contributed by atoms with van der Waals surface area (Å²) in [7, 11) is 0. The molecule has 0 saturated heterocycles. The SMILES string of the molecule is CCC1(C(C)C)C=C(CSC2CCCCCCC2SCc2cc(C(C)(C)C)cc(-c3cccc4ccccc34)c2O)C(O)=C(c2cccc3ccccc23)C1. The van der Waals surface area contributed by atoms with E-state index in [1.165, 1.54) is 71.2 Å². The lowest BCUT2D eigenvalue weighted by Crippen LogP contribution is -2.29. The maximum absolute atomic E-state index is 12.2. The third-order valence-electron chi connectivity index (χ3n) is 12.7. The van der Waals surface area contributed by atoms with E-state index in [4.69, 9.17) is 0 Å². The van der Waals surface area contributed by atoms with Gasteiger partial charge in [0, 0.05) is 44.3 Å². The highest BCUT2D eigenvalue weighted by Gasteiger charge is 2.38. The van der Waals surface area contributed by atoms with Gasteiger partial charge in [-0.25, -0.2) is 0 Å². The van der Waals surface area contributed by atoms with Crippen LogP contribution in [0.15, 0.2) is 114 Å². The molecule has 2 aliphatic carbocycles. The average molecular weight is 769 g/mol. The maximum Gasteiger partial charge on any atom is 0.127 e. The van der Waals surface area contributed by atoms with Crippen molar-refractivity contribution < 1.29 is 10.2 Å². The van der Waals surface area contributed by atoms with Gasteiger partial charge < -0.3 is 10.2 Å². The number of aromatic hydroxyl groups is 1. The molecule has 2 aliphatic rings. The molecule has 0 heterocycles. The zero-order valence-corrected chi connectivity index (χ0v) is 35.5. The molecule has 1 saturated carbocycles. The van der Waals surface area contributed by atoms with Gasteiger partial charge in [-0.15, -0.1) is 0 Å². The number of phenols is 1. The van der Waals surface area contributed by atoms with Crippen molar-refractivity contribution in [3.63, 3.8) is 0 Å². The Labute approximate surface area is 338 Å². The highest BCUT2D eigenvalue weighted by molar-refractivity contribution is 8.03. The molecule has 4 heteroatoms. The van der Waals surface area contributed by atoms with Crippen molar-refractivity contribution in [1.29, 1.82) is 0 Å².